The summed E-state index contributed by atoms with van der Waals surface area (Å²) in [5, 5.41) is 29.4. The Labute approximate surface area is 228 Å². The molecule has 39 heavy (non-hydrogen) atoms. The minimum Gasteiger partial charge on any atom is -0.361 e. The predicted molar refractivity (Wildman–Crippen MR) is 165 cm³/mol. The van der Waals surface area contributed by atoms with Crippen LogP contribution in [0.25, 0.3) is 21.5 Å². The Morgan fingerprint density at radius 2 is 1.36 bits per heavy atom. The molecule has 4 aromatic carbocycles. The van der Waals surface area contributed by atoms with E-state index in [0.29, 0.717) is 5.70 Å². The summed E-state index contributed by atoms with van der Waals surface area (Å²) in [7, 11) is 0. The zero-order chi connectivity index (χ0) is 27.2. The largest absolute Gasteiger partial charge is 0.361 e. The summed E-state index contributed by atoms with van der Waals surface area (Å²) in [4.78, 5) is 0. The highest BCUT2D eigenvalue weighted by Gasteiger charge is 2.21. The van der Waals surface area contributed by atoms with Crippen molar-refractivity contribution in [1.82, 2.24) is 0 Å². The van der Waals surface area contributed by atoms with Crippen LogP contribution in [0.5, 0.6) is 0 Å². The number of rotatable bonds is 8. The Balaban J connectivity index is 1.50. The van der Waals surface area contributed by atoms with Crippen molar-refractivity contribution in [3.8, 4) is 0 Å². The van der Waals surface area contributed by atoms with Crippen molar-refractivity contribution in [1.29, 1.82) is 0 Å². The third-order valence-corrected chi connectivity index (χ3v) is 6.54. The molecular formula is C33H30N6. The number of anilines is 2. The maximum Gasteiger partial charge on any atom is 0.119 e. The van der Waals surface area contributed by atoms with E-state index in [4.69, 9.17) is 5.11 Å². The molecule has 1 aliphatic heterocycles. The van der Waals surface area contributed by atoms with Crippen molar-refractivity contribution in [2.45, 2.75) is 20.0 Å². The lowest BCUT2D eigenvalue weighted by molar-refractivity contribution is 0.934. The first-order chi connectivity index (χ1) is 19.1. The fourth-order valence-corrected chi connectivity index (χ4v) is 4.57. The van der Waals surface area contributed by atoms with E-state index in [1.807, 2.05) is 79.8 Å². The zero-order valence-corrected chi connectivity index (χ0v) is 22.1. The lowest BCUT2D eigenvalue weighted by Crippen LogP contribution is -2.32. The van der Waals surface area contributed by atoms with E-state index in [0.717, 1.165) is 55.6 Å². The molecule has 0 bridgehead atoms. The Bertz CT molecular complexity index is 1710. The molecule has 6 nitrogen and oxygen atoms in total. The molecule has 5 rings (SSSR count). The van der Waals surface area contributed by atoms with Gasteiger partial charge >= 0.3 is 0 Å². The lowest BCUT2D eigenvalue weighted by Gasteiger charge is -2.30. The highest BCUT2D eigenvalue weighted by atomic mass is 15.2. The fraction of sp³-hybridized carbons (Fsp3) is 0.0909. The van der Waals surface area contributed by atoms with Crippen LogP contribution >= 0.6 is 0 Å². The fourth-order valence-electron chi connectivity index (χ4n) is 4.57. The highest BCUT2D eigenvalue weighted by Crippen LogP contribution is 2.41. The number of hydrogen-bond donors (Lipinski definition) is 2. The van der Waals surface area contributed by atoms with Gasteiger partial charge in [0.2, 0.25) is 0 Å². The van der Waals surface area contributed by atoms with Gasteiger partial charge < -0.3 is 10.6 Å². The minimum absolute atomic E-state index is 0.00300. The first-order valence-electron chi connectivity index (χ1n) is 12.8. The quantitative estimate of drug-likeness (QED) is 0.183. The average Bonchev–Trinajstić information content (AvgIpc) is 2.97. The molecule has 1 aliphatic rings. The molecule has 0 aromatic heterocycles. The maximum atomic E-state index is 4.69. The Morgan fingerprint density at radius 3 is 2.03 bits per heavy atom. The van der Waals surface area contributed by atoms with Gasteiger partial charge in [-0.15, -0.1) is 15.3 Å². The molecule has 192 valence electrons. The first kappa shape index (κ1) is 25.5. The summed E-state index contributed by atoms with van der Waals surface area (Å²) in [6.45, 7) is 11.7. The minimum atomic E-state index is -0.00300. The number of nitrogens with zero attached hydrogens (tertiary/aromatic N) is 4. The van der Waals surface area contributed by atoms with Crippen LogP contribution in [0.3, 0.4) is 0 Å². The van der Waals surface area contributed by atoms with Gasteiger partial charge in [0.15, 0.2) is 0 Å². The number of benzene rings is 4. The topological polar surface area (TPSA) is 73.5 Å². The summed E-state index contributed by atoms with van der Waals surface area (Å²) in [5.41, 5.74) is 6.28. The van der Waals surface area contributed by atoms with Crippen LogP contribution in [0, 0.1) is 0 Å². The number of allylic oxidation sites excluding steroid dienone is 6. The average molecular weight is 511 g/mol. The van der Waals surface area contributed by atoms with Crippen LogP contribution in [0.2, 0.25) is 0 Å². The number of fused-ring (bicyclic) bond motifs is 1. The van der Waals surface area contributed by atoms with E-state index in [1.165, 1.54) is 0 Å². The van der Waals surface area contributed by atoms with Gasteiger partial charge in [-0.2, -0.15) is 5.11 Å². The lowest BCUT2D eigenvalue weighted by atomic mass is 10.0. The highest BCUT2D eigenvalue weighted by molar-refractivity contribution is 6.09. The Morgan fingerprint density at radius 1 is 0.744 bits per heavy atom. The summed E-state index contributed by atoms with van der Waals surface area (Å²) < 4.78 is 0. The summed E-state index contributed by atoms with van der Waals surface area (Å²) in [6.07, 6.45) is 11.2. The third kappa shape index (κ3) is 5.31. The molecule has 0 amide bonds. The van der Waals surface area contributed by atoms with Crippen molar-refractivity contribution in [2.75, 3.05) is 10.6 Å². The second kappa shape index (κ2) is 11.5. The van der Waals surface area contributed by atoms with Gasteiger partial charge in [-0.3, -0.25) is 0 Å². The molecule has 6 heteroatoms. The van der Waals surface area contributed by atoms with Crippen molar-refractivity contribution in [3.05, 3.63) is 128 Å². The molecule has 2 N–H and O–H groups in total. The van der Waals surface area contributed by atoms with Gasteiger partial charge in [-0.25, -0.2) is 0 Å². The Kier molecular flexibility index (Phi) is 7.55. The van der Waals surface area contributed by atoms with E-state index in [1.54, 1.807) is 12.2 Å². The van der Waals surface area contributed by atoms with Crippen LogP contribution in [0.15, 0.2) is 148 Å². The van der Waals surface area contributed by atoms with Gasteiger partial charge in [-0.1, -0.05) is 73.9 Å². The van der Waals surface area contributed by atoms with Crippen LogP contribution in [0.1, 0.15) is 13.8 Å². The monoisotopic (exact) mass is 510 g/mol. The Hall–Kier alpha value is -5.10. The van der Waals surface area contributed by atoms with Gasteiger partial charge in [0.1, 0.15) is 6.17 Å². The molecule has 0 saturated carbocycles. The maximum absolute atomic E-state index is 4.69. The number of hydrogen-bond acceptors (Lipinski definition) is 6. The molecule has 0 spiro atoms. The van der Waals surface area contributed by atoms with Gasteiger partial charge in [0.05, 0.1) is 22.8 Å². The van der Waals surface area contributed by atoms with Crippen LogP contribution in [0.4, 0.5) is 28.4 Å². The molecule has 0 fully saturated rings. The first-order valence-corrected chi connectivity index (χ1v) is 12.8. The van der Waals surface area contributed by atoms with Crippen LogP contribution in [-0.4, -0.2) is 6.17 Å². The third-order valence-electron chi connectivity index (χ3n) is 6.54. The van der Waals surface area contributed by atoms with E-state index < -0.39 is 0 Å². The van der Waals surface area contributed by atoms with E-state index in [2.05, 4.69) is 64.3 Å². The van der Waals surface area contributed by atoms with Crippen LogP contribution < -0.4 is 10.6 Å². The van der Waals surface area contributed by atoms with E-state index in [-0.39, 0.29) is 6.17 Å². The SMILES string of the molecule is C=C/C=C(\C)C1Nc2cccc3c(/N=N/c4ccc(/N=N/C(C=C)=C/C=C\C)c5ccccc45)ccc(c23)N1. The summed E-state index contributed by atoms with van der Waals surface area (Å²) in [5.74, 6) is 0. The number of nitrogens with one attached hydrogen (secondary N) is 2. The molecule has 1 heterocycles. The summed E-state index contributed by atoms with van der Waals surface area (Å²) in [6, 6.07) is 22.1. The molecular weight excluding hydrogens is 480 g/mol. The van der Waals surface area contributed by atoms with E-state index >= 15 is 0 Å². The smallest absolute Gasteiger partial charge is 0.119 e. The van der Waals surface area contributed by atoms with Gasteiger partial charge in [-0.05, 0) is 61.9 Å². The molecule has 0 aliphatic carbocycles. The standard InChI is InChI=1S/C33H30N6/c1-5-8-13-23(7-3)36-37-27-18-19-28(25-15-10-9-14-24(25)27)38-39-29-20-21-31-32-26(29)16-11-17-30(32)34-33(35-31)22(4)12-6-2/h5-21,33-35H,2-3H2,1,4H3/b8-5-,22-12+,23-13+,37-36+,39-38+. The second-order valence-corrected chi connectivity index (χ2v) is 9.10. The molecule has 1 unspecified atom stereocenters. The second-order valence-electron chi connectivity index (χ2n) is 9.10. The molecule has 4 aromatic rings. The molecule has 1 atom stereocenters. The van der Waals surface area contributed by atoms with Crippen molar-refractivity contribution in [3.63, 3.8) is 0 Å². The van der Waals surface area contributed by atoms with Gasteiger partial charge in [0.25, 0.3) is 0 Å². The zero-order valence-electron chi connectivity index (χ0n) is 22.1. The summed E-state index contributed by atoms with van der Waals surface area (Å²) >= 11 is 0. The van der Waals surface area contributed by atoms with Crippen molar-refractivity contribution in [2.24, 2.45) is 20.5 Å². The van der Waals surface area contributed by atoms with E-state index in [9.17, 15) is 0 Å². The number of azo groups is 2. The van der Waals surface area contributed by atoms with Gasteiger partial charge in [0, 0.05) is 32.9 Å². The van der Waals surface area contributed by atoms with Crippen molar-refractivity contribution >= 4 is 50.0 Å². The normalized spacial score (nSPS) is 15.8. The molecule has 0 saturated heterocycles. The predicted octanol–water partition coefficient (Wildman–Crippen LogP) is 10.4. The van der Waals surface area contributed by atoms with Crippen molar-refractivity contribution < 1.29 is 0 Å². The van der Waals surface area contributed by atoms with Crippen LogP contribution in [-0.2, 0) is 0 Å². The molecule has 0 radical (unpaired) electrons.